The largest absolute Gasteiger partial charge is 0.256 e. The Morgan fingerprint density at radius 2 is 1.13 bits per heavy atom. The van der Waals surface area contributed by atoms with Crippen molar-refractivity contribution >= 4 is 23.2 Å². The maximum atomic E-state index is 5.19. The molecule has 0 N–H and O–H groups in total. The van der Waals surface area contributed by atoms with Crippen LogP contribution in [0.25, 0.3) is 0 Å². The van der Waals surface area contributed by atoms with Crippen molar-refractivity contribution in [1.82, 2.24) is 0 Å². The summed E-state index contributed by atoms with van der Waals surface area (Å²) in [6.07, 6.45) is 0. The normalized spacial score (nSPS) is 18.3. The van der Waals surface area contributed by atoms with E-state index >= 15 is 0 Å². The van der Waals surface area contributed by atoms with E-state index in [1.807, 2.05) is 11.8 Å². The molecule has 4 aromatic rings. The maximum Gasteiger partial charge on any atom is 0.0954 e. The molecule has 0 spiro atoms. The van der Waals surface area contributed by atoms with Crippen LogP contribution in [0, 0.1) is 0 Å². The van der Waals surface area contributed by atoms with E-state index in [1.165, 1.54) is 16.0 Å². The third-order valence-corrected chi connectivity index (χ3v) is 6.55. The van der Waals surface area contributed by atoms with Crippen LogP contribution >= 0.6 is 11.8 Å². The Morgan fingerprint density at radius 3 is 1.77 bits per heavy atom. The molecule has 1 aliphatic heterocycles. The van der Waals surface area contributed by atoms with Gasteiger partial charge in [0.25, 0.3) is 0 Å². The lowest BCUT2D eigenvalue weighted by Crippen LogP contribution is -2.28. The van der Waals surface area contributed by atoms with Crippen LogP contribution in [-0.4, -0.2) is 11.0 Å². The number of hydrogen-bond donors (Lipinski definition) is 0. The maximum absolute atomic E-state index is 5.19. The predicted molar refractivity (Wildman–Crippen MR) is 127 cm³/mol. The Bertz CT molecular complexity index is 1110. The van der Waals surface area contributed by atoms with Gasteiger partial charge < -0.3 is 0 Å². The lowest BCUT2D eigenvalue weighted by molar-refractivity contribution is 0.717. The lowest BCUT2D eigenvalue weighted by Gasteiger charge is -2.28. The van der Waals surface area contributed by atoms with Gasteiger partial charge in [0.15, 0.2) is 0 Å². The smallest absolute Gasteiger partial charge is 0.0954 e. The summed E-state index contributed by atoms with van der Waals surface area (Å²) < 4.78 is 0. The topological polar surface area (TPSA) is 15.6 Å². The van der Waals surface area contributed by atoms with Gasteiger partial charge >= 0.3 is 0 Å². The number of para-hydroxylation sites is 1. The van der Waals surface area contributed by atoms with Gasteiger partial charge in [0.05, 0.1) is 22.7 Å². The second-order valence-electron chi connectivity index (χ2n) is 7.24. The molecule has 1 heterocycles. The van der Waals surface area contributed by atoms with Crippen molar-refractivity contribution in [3.63, 3.8) is 0 Å². The molecule has 2 atom stereocenters. The van der Waals surface area contributed by atoms with Crippen molar-refractivity contribution in [2.45, 2.75) is 16.2 Å². The minimum Gasteiger partial charge on any atom is -0.256 e. The minimum atomic E-state index is 0.106. The van der Waals surface area contributed by atoms with Crippen LogP contribution < -0.4 is 5.01 Å². The molecule has 0 fully saturated rings. The van der Waals surface area contributed by atoms with Gasteiger partial charge in [-0.25, -0.2) is 0 Å². The molecule has 0 radical (unpaired) electrons. The van der Waals surface area contributed by atoms with Gasteiger partial charge in [-0.1, -0.05) is 97.1 Å². The SMILES string of the molecule is c1ccc(SC2C(c3ccccc3)=NN(c3ccccc3)C2c2ccccc2)cc1. The van der Waals surface area contributed by atoms with E-state index in [-0.39, 0.29) is 11.3 Å². The molecule has 30 heavy (non-hydrogen) atoms. The van der Waals surface area contributed by atoms with Gasteiger partial charge in [0.2, 0.25) is 0 Å². The molecule has 0 bridgehead atoms. The summed E-state index contributed by atoms with van der Waals surface area (Å²) in [6, 6.07) is 42.5. The minimum absolute atomic E-state index is 0.106. The molecule has 0 aromatic heterocycles. The van der Waals surface area contributed by atoms with Crippen LogP contribution in [0.1, 0.15) is 17.2 Å². The number of hydrazone groups is 1. The highest BCUT2D eigenvalue weighted by molar-refractivity contribution is 8.00. The van der Waals surface area contributed by atoms with Gasteiger partial charge in [-0.2, -0.15) is 5.10 Å². The van der Waals surface area contributed by atoms with E-state index in [2.05, 4.69) is 126 Å². The van der Waals surface area contributed by atoms with Crippen molar-refractivity contribution in [1.29, 1.82) is 0 Å². The first-order valence-electron chi connectivity index (χ1n) is 10.1. The second kappa shape index (κ2) is 8.60. The highest BCUT2D eigenvalue weighted by Crippen LogP contribution is 2.44. The van der Waals surface area contributed by atoms with Gasteiger partial charge in [-0.05, 0) is 35.4 Å². The summed E-state index contributed by atoms with van der Waals surface area (Å²) in [5, 5.41) is 7.55. The molecular formula is C27H22N2S. The number of thioether (sulfide) groups is 1. The van der Waals surface area contributed by atoms with Crippen molar-refractivity contribution in [2.75, 3.05) is 5.01 Å². The first-order chi connectivity index (χ1) is 14.9. The highest BCUT2D eigenvalue weighted by Gasteiger charge is 2.40. The van der Waals surface area contributed by atoms with Crippen LogP contribution in [0.3, 0.4) is 0 Å². The molecule has 4 aromatic carbocycles. The van der Waals surface area contributed by atoms with Crippen molar-refractivity contribution in [3.8, 4) is 0 Å². The fraction of sp³-hybridized carbons (Fsp3) is 0.0741. The molecule has 0 saturated carbocycles. The van der Waals surface area contributed by atoms with Crippen LogP contribution in [0.2, 0.25) is 0 Å². The van der Waals surface area contributed by atoms with E-state index < -0.39 is 0 Å². The van der Waals surface area contributed by atoms with Crippen LogP contribution in [0.15, 0.2) is 131 Å². The van der Waals surface area contributed by atoms with Gasteiger partial charge in [0, 0.05) is 4.90 Å². The fourth-order valence-corrected chi connectivity index (χ4v) is 5.18. The van der Waals surface area contributed by atoms with E-state index in [4.69, 9.17) is 5.10 Å². The van der Waals surface area contributed by atoms with Crippen LogP contribution in [0.4, 0.5) is 5.69 Å². The van der Waals surface area contributed by atoms with E-state index in [0.29, 0.717) is 0 Å². The third kappa shape index (κ3) is 3.77. The summed E-state index contributed by atoms with van der Waals surface area (Å²) in [6.45, 7) is 0. The molecular weight excluding hydrogens is 384 g/mol. The quantitative estimate of drug-likeness (QED) is 0.362. The van der Waals surface area contributed by atoms with Crippen molar-refractivity contribution < 1.29 is 0 Å². The summed E-state index contributed by atoms with van der Waals surface area (Å²) in [4.78, 5) is 1.25. The Labute approximate surface area is 181 Å². The number of anilines is 1. The fourth-order valence-electron chi connectivity index (χ4n) is 3.88. The van der Waals surface area contributed by atoms with Gasteiger partial charge in [-0.3, -0.25) is 5.01 Å². The molecule has 2 unspecified atom stereocenters. The second-order valence-corrected chi connectivity index (χ2v) is 8.45. The van der Waals surface area contributed by atoms with Crippen molar-refractivity contribution in [2.24, 2.45) is 5.10 Å². The average Bonchev–Trinajstić information content (AvgIpc) is 3.20. The molecule has 2 nitrogen and oxygen atoms in total. The standard InChI is InChI=1S/C27H22N2S/c1-5-13-21(14-6-1)25-27(30-24-19-11-4-12-20-24)26(22-15-7-2-8-16-22)29(28-25)23-17-9-3-10-18-23/h1-20,26-27H. The zero-order valence-corrected chi connectivity index (χ0v) is 17.3. The number of rotatable bonds is 5. The summed E-state index contributed by atoms with van der Waals surface area (Å²) in [5.41, 5.74) is 4.66. The predicted octanol–water partition coefficient (Wildman–Crippen LogP) is 6.81. The van der Waals surface area contributed by atoms with E-state index in [1.54, 1.807) is 0 Å². The lowest BCUT2D eigenvalue weighted by atomic mass is 9.97. The van der Waals surface area contributed by atoms with Gasteiger partial charge in [-0.15, -0.1) is 11.8 Å². The number of hydrogen-bond acceptors (Lipinski definition) is 3. The summed E-state index contributed by atoms with van der Waals surface area (Å²) in [7, 11) is 0. The Kier molecular flexibility index (Phi) is 5.36. The Morgan fingerprint density at radius 1 is 0.600 bits per heavy atom. The first kappa shape index (κ1) is 18.7. The van der Waals surface area contributed by atoms with Crippen LogP contribution in [-0.2, 0) is 0 Å². The number of nitrogens with zero attached hydrogens (tertiary/aromatic N) is 2. The third-order valence-electron chi connectivity index (χ3n) is 5.27. The molecule has 5 rings (SSSR count). The average molecular weight is 407 g/mol. The molecule has 0 amide bonds. The zero-order chi connectivity index (χ0) is 20.2. The molecule has 0 aliphatic carbocycles. The Balaban J connectivity index is 1.65. The number of benzene rings is 4. The summed E-state index contributed by atoms with van der Waals surface area (Å²) >= 11 is 1.88. The van der Waals surface area contributed by atoms with E-state index in [9.17, 15) is 0 Å². The Hall–Kier alpha value is -3.30. The molecule has 0 saturated heterocycles. The van der Waals surface area contributed by atoms with Gasteiger partial charge in [0.1, 0.15) is 0 Å². The molecule has 146 valence electrons. The molecule has 1 aliphatic rings. The van der Waals surface area contributed by atoms with Crippen LogP contribution in [0.5, 0.6) is 0 Å². The van der Waals surface area contributed by atoms with E-state index in [0.717, 1.165) is 11.4 Å². The molecule has 3 heteroatoms. The highest BCUT2D eigenvalue weighted by atomic mass is 32.2. The first-order valence-corrected chi connectivity index (χ1v) is 11.0. The zero-order valence-electron chi connectivity index (χ0n) is 16.5. The van der Waals surface area contributed by atoms with Crippen molar-refractivity contribution in [3.05, 3.63) is 132 Å². The monoisotopic (exact) mass is 406 g/mol. The summed E-state index contributed by atoms with van der Waals surface area (Å²) in [5.74, 6) is 0.